The van der Waals surface area contributed by atoms with Gasteiger partial charge >= 0.3 is 12.1 Å². The van der Waals surface area contributed by atoms with Crippen LogP contribution in [0.3, 0.4) is 0 Å². The molecule has 6 rings (SSSR count). The fourth-order valence-corrected chi connectivity index (χ4v) is 8.09. The van der Waals surface area contributed by atoms with E-state index in [1.54, 1.807) is 0 Å². The number of hydrogen-bond acceptors (Lipinski definition) is 8. The molecule has 2 spiro atoms. The second-order valence-corrected chi connectivity index (χ2v) is 13.1. The highest BCUT2D eigenvalue weighted by Crippen LogP contribution is 2.61. The van der Waals surface area contributed by atoms with Gasteiger partial charge in [0.05, 0.1) is 19.8 Å². The highest BCUT2D eigenvalue weighted by Gasteiger charge is 2.69. The zero-order valence-corrected chi connectivity index (χ0v) is 23.7. The Bertz CT molecular complexity index is 1210. The molecule has 0 atom stereocenters. The number of nitrogens with zero attached hydrogens (tertiary/aromatic N) is 4. The fraction of sp³-hybridized carbons (Fsp3) is 0.750. The third-order valence-electron chi connectivity index (χ3n) is 10.4. The number of amides is 7. The predicted octanol–water partition coefficient (Wildman–Crippen LogP) is 1.45. The summed E-state index contributed by atoms with van der Waals surface area (Å²) < 4.78 is 20.0. The van der Waals surface area contributed by atoms with Gasteiger partial charge in [-0.25, -0.2) is 14.0 Å². The molecular formula is C28H39FN6O6. The van der Waals surface area contributed by atoms with Crippen molar-refractivity contribution in [3.05, 3.63) is 11.4 Å². The maximum absolute atomic E-state index is 15.0. The second-order valence-electron chi connectivity index (χ2n) is 13.1. The van der Waals surface area contributed by atoms with Gasteiger partial charge < -0.3 is 20.7 Å². The minimum Gasteiger partial charge on any atom is -0.385 e. The molecule has 6 fully saturated rings. The number of urea groups is 2. The molecule has 13 heteroatoms. The summed E-state index contributed by atoms with van der Waals surface area (Å²) in [6.45, 7) is -0.0968. The lowest BCUT2D eigenvalue weighted by molar-refractivity contribution is -0.167. The summed E-state index contributed by atoms with van der Waals surface area (Å²) in [5.74, 6) is -1.49. The van der Waals surface area contributed by atoms with Crippen LogP contribution in [0.2, 0.25) is 0 Å². The summed E-state index contributed by atoms with van der Waals surface area (Å²) in [4.78, 5) is 71.5. The maximum Gasteiger partial charge on any atom is 0.334 e. The first-order valence-electron chi connectivity index (χ1n) is 14.7. The molecule has 0 unspecified atom stereocenters. The van der Waals surface area contributed by atoms with Crippen LogP contribution in [0.4, 0.5) is 14.0 Å². The average molecular weight is 575 g/mol. The molecule has 0 bridgehead atoms. The molecule has 3 aliphatic carbocycles. The Morgan fingerprint density at radius 3 is 2.20 bits per heavy atom. The van der Waals surface area contributed by atoms with Gasteiger partial charge in [0.2, 0.25) is 0 Å². The van der Waals surface area contributed by atoms with Gasteiger partial charge in [0.25, 0.3) is 17.7 Å². The van der Waals surface area contributed by atoms with Crippen LogP contribution < -0.4 is 11.1 Å². The van der Waals surface area contributed by atoms with Crippen molar-refractivity contribution in [3.8, 4) is 0 Å². The van der Waals surface area contributed by atoms with E-state index in [-0.39, 0.29) is 54.9 Å². The summed E-state index contributed by atoms with van der Waals surface area (Å²) in [5, 5.41) is 2.70. The van der Waals surface area contributed by atoms with Crippen molar-refractivity contribution in [1.29, 1.82) is 0 Å². The number of imide groups is 3. The van der Waals surface area contributed by atoms with Crippen LogP contribution in [-0.4, -0.2) is 107 Å². The minimum absolute atomic E-state index is 0.0572. The summed E-state index contributed by atoms with van der Waals surface area (Å²) in [5.41, 5.74) is 2.87. The van der Waals surface area contributed by atoms with Crippen molar-refractivity contribution < 1.29 is 33.1 Å². The number of nitrogens with two attached hydrogens (primary N) is 1. The molecule has 3 heterocycles. The van der Waals surface area contributed by atoms with Crippen LogP contribution in [-0.2, 0) is 19.1 Å². The van der Waals surface area contributed by atoms with Gasteiger partial charge in [-0.3, -0.25) is 29.1 Å². The predicted molar refractivity (Wildman–Crippen MR) is 142 cm³/mol. The number of carbonyl (C=O) groups excluding carboxylic acids is 5. The first kappa shape index (κ1) is 27.9. The normalized spacial score (nSPS) is 35.1. The Kier molecular flexibility index (Phi) is 6.59. The van der Waals surface area contributed by atoms with E-state index in [0.29, 0.717) is 38.5 Å². The van der Waals surface area contributed by atoms with Gasteiger partial charge in [0, 0.05) is 26.7 Å². The Balaban J connectivity index is 1.18. The minimum atomic E-state index is -1.65. The molecule has 12 nitrogen and oxygen atoms in total. The van der Waals surface area contributed by atoms with Crippen molar-refractivity contribution in [2.24, 2.45) is 17.1 Å². The van der Waals surface area contributed by atoms with E-state index in [1.807, 2.05) is 0 Å². The molecule has 224 valence electrons. The molecular weight excluding hydrogens is 535 g/mol. The summed E-state index contributed by atoms with van der Waals surface area (Å²) in [6, 6.07) is -1.50. The van der Waals surface area contributed by atoms with Crippen molar-refractivity contribution in [3.63, 3.8) is 0 Å². The first-order valence-corrected chi connectivity index (χ1v) is 14.7. The van der Waals surface area contributed by atoms with Crippen LogP contribution in [0.5, 0.6) is 0 Å². The van der Waals surface area contributed by atoms with Gasteiger partial charge in [0.15, 0.2) is 5.67 Å². The number of ether oxygens (including phenoxy) is 1. The van der Waals surface area contributed by atoms with E-state index in [0.717, 1.165) is 30.6 Å². The third-order valence-corrected chi connectivity index (χ3v) is 10.4. The largest absolute Gasteiger partial charge is 0.385 e. The quantitative estimate of drug-likeness (QED) is 0.276. The number of likely N-dealkylation sites (N-methyl/N-ethyl adjacent to an activating group) is 1. The molecule has 3 N–H and O–H groups in total. The standard InChI is InChI=1S/C28H39FN6O6/c1-31-20(30)19-21(36)33(11-17-5-3-4-6-17)25(40)35(22(19)37)18-7-9-26(10-8-18)12-28(13-26)23(38)32(2)24(39)34(28)14-27(29)15-41-16-27/h17-18,31H,3-16,30H2,1-2H3/b20-19+. The van der Waals surface area contributed by atoms with Crippen LogP contribution in [0.1, 0.15) is 64.2 Å². The van der Waals surface area contributed by atoms with E-state index in [4.69, 9.17) is 10.5 Å². The topological polar surface area (TPSA) is 146 Å². The van der Waals surface area contributed by atoms with Gasteiger partial charge in [-0.05, 0) is 62.7 Å². The van der Waals surface area contributed by atoms with Crippen molar-refractivity contribution in [2.45, 2.75) is 81.5 Å². The van der Waals surface area contributed by atoms with Crippen LogP contribution in [0.15, 0.2) is 11.4 Å². The lowest BCUT2D eigenvalue weighted by atomic mass is 9.51. The maximum atomic E-state index is 15.0. The number of halogens is 1. The van der Waals surface area contributed by atoms with Crippen molar-refractivity contribution >= 4 is 29.8 Å². The lowest BCUT2D eigenvalue weighted by Crippen LogP contribution is -2.68. The van der Waals surface area contributed by atoms with E-state index in [2.05, 4.69) is 5.32 Å². The Hall–Kier alpha value is -3.22. The van der Waals surface area contributed by atoms with Crippen molar-refractivity contribution in [1.82, 2.24) is 24.9 Å². The second kappa shape index (κ2) is 9.67. The van der Waals surface area contributed by atoms with Crippen LogP contribution in [0, 0.1) is 11.3 Å². The molecule has 0 radical (unpaired) electrons. The van der Waals surface area contributed by atoms with E-state index < -0.39 is 41.1 Å². The average Bonchev–Trinajstić information content (AvgIpc) is 3.49. The van der Waals surface area contributed by atoms with E-state index >= 15 is 0 Å². The molecule has 3 saturated carbocycles. The smallest absolute Gasteiger partial charge is 0.334 e. The number of hydrogen-bond donors (Lipinski definition) is 2. The van der Waals surface area contributed by atoms with Crippen molar-refractivity contribution in [2.75, 3.05) is 40.4 Å². The van der Waals surface area contributed by atoms with Crippen LogP contribution >= 0.6 is 0 Å². The number of alkyl halides is 1. The summed E-state index contributed by atoms with van der Waals surface area (Å²) >= 11 is 0. The highest BCUT2D eigenvalue weighted by molar-refractivity contribution is 6.29. The molecule has 6 aliphatic rings. The molecule has 0 aromatic rings. The number of nitrogens with one attached hydrogen (secondary N) is 1. The number of barbiturate groups is 1. The van der Waals surface area contributed by atoms with Gasteiger partial charge in [0.1, 0.15) is 16.9 Å². The molecule has 0 aromatic carbocycles. The zero-order valence-electron chi connectivity index (χ0n) is 23.7. The molecule has 7 amide bonds. The van der Waals surface area contributed by atoms with E-state index in [9.17, 15) is 28.4 Å². The highest BCUT2D eigenvalue weighted by atomic mass is 19.1. The van der Waals surface area contributed by atoms with Gasteiger partial charge in [-0.2, -0.15) is 0 Å². The van der Waals surface area contributed by atoms with Gasteiger partial charge in [-0.1, -0.05) is 12.8 Å². The lowest BCUT2D eigenvalue weighted by Gasteiger charge is -2.59. The Morgan fingerprint density at radius 2 is 1.63 bits per heavy atom. The Morgan fingerprint density at radius 1 is 1.00 bits per heavy atom. The first-order chi connectivity index (χ1) is 19.4. The molecule has 0 aromatic heterocycles. The van der Waals surface area contributed by atoms with E-state index in [1.165, 1.54) is 28.8 Å². The number of carbonyl (C=O) groups is 5. The van der Waals surface area contributed by atoms with Crippen LogP contribution in [0.25, 0.3) is 0 Å². The summed E-state index contributed by atoms with van der Waals surface area (Å²) in [7, 11) is 2.96. The fourth-order valence-electron chi connectivity index (χ4n) is 8.09. The molecule has 41 heavy (non-hydrogen) atoms. The zero-order chi connectivity index (χ0) is 29.3. The Labute approximate surface area is 238 Å². The monoisotopic (exact) mass is 574 g/mol. The SMILES string of the molecule is CN/C(N)=C1\C(=O)N(CC2CCCC2)C(=O)N(C2CCC3(CC2)CC2(C3)C(=O)N(C)C(=O)N2CC2(F)COC2)C1=O. The third kappa shape index (κ3) is 4.21. The molecule has 3 aliphatic heterocycles. The van der Waals surface area contributed by atoms with Gasteiger partial charge in [-0.15, -0.1) is 0 Å². The number of rotatable bonds is 6. The molecule has 3 saturated heterocycles. The summed E-state index contributed by atoms with van der Waals surface area (Å²) in [6.07, 6.45) is 7.10.